The Morgan fingerprint density at radius 1 is 1.06 bits per heavy atom. The molecule has 0 radical (unpaired) electrons. The Kier molecular flexibility index (Phi) is 4.68. The molecule has 0 spiro atoms. The zero-order valence-electron chi connectivity index (χ0n) is 16.8. The summed E-state index contributed by atoms with van der Waals surface area (Å²) < 4.78 is 35.3. The van der Waals surface area contributed by atoms with Gasteiger partial charge in [0.2, 0.25) is 5.88 Å². The molecule has 7 nitrogen and oxygen atoms in total. The minimum absolute atomic E-state index is 0.00844. The van der Waals surface area contributed by atoms with Crippen LogP contribution in [0.1, 0.15) is 22.6 Å². The first-order valence-electron chi connectivity index (χ1n) is 9.90. The highest BCUT2D eigenvalue weighted by atomic mass is 32.2. The maximum atomic E-state index is 14.1. The summed E-state index contributed by atoms with van der Waals surface area (Å²) in [5, 5.41) is 9.83. The zero-order valence-corrected chi connectivity index (χ0v) is 17.7. The number of hydrogen-bond donors (Lipinski definition) is 1. The van der Waals surface area contributed by atoms with Crippen LogP contribution in [0.25, 0.3) is 5.76 Å². The molecule has 1 atom stereocenters. The van der Waals surface area contributed by atoms with Gasteiger partial charge in [0.15, 0.2) is 5.76 Å². The molecule has 0 bridgehead atoms. The zero-order chi connectivity index (χ0) is 22.3. The van der Waals surface area contributed by atoms with Crippen LogP contribution in [0.2, 0.25) is 0 Å². The lowest BCUT2D eigenvalue weighted by Crippen LogP contribution is -2.39. The molecule has 3 heterocycles. The molecule has 5 rings (SSSR count). The van der Waals surface area contributed by atoms with E-state index in [4.69, 9.17) is 10.5 Å². The van der Waals surface area contributed by atoms with Gasteiger partial charge in [-0.25, -0.2) is 8.42 Å². The van der Waals surface area contributed by atoms with E-state index in [0.29, 0.717) is 16.8 Å². The minimum Gasteiger partial charge on any atom is -0.439 e. The van der Waals surface area contributed by atoms with Crippen LogP contribution < -0.4 is 10.0 Å². The summed E-state index contributed by atoms with van der Waals surface area (Å²) in [6.07, 6.45) is 3.13. The molecule has 158 valence electrons. The van der Waals surface area contributed by atoms with Gasteiger partial charge in [0.1, 0.15) is 16.5 Å². The summed E-state index contributed by atoms with van der Waals surface area (Å²) >= 11 is 0. The lowest BCUT2D eigenvalue weighted by molar-refractivity contribution is 0.357. The van der Waals surface area contributed by atoms with Crippen molar-refractivity contribution in [2.24, 2.45) is 5.73 Å². The molecule has 32 heavy (non-hydrogen) atoms. The van der Waals surface area contributed by atoms with Crippen molar-refractivity contribution in [1.82, 2.24) is 4.98 Å². The number of para-hydroxylation sites is 1. The second-order valence-electron chi connectivity index (χ2n) is 7.42. The summed E-state index contributed by atoms with van der Waals surface area (Å²) in [5.74, 6) is -0.883. The lowest BCUT2D eigenvalue weighted by atomic mass is 9.89. The third-order valence-corrected chi connectivity index (χ3v) is 7.43. The molecular formula is C24H18N4O3S. The van der Waals surface area contributed by atoms with Gasteiger partial charge >= 0.3 is 0 Å². The van der Waals surface area contributed by atoms with E-state index >= 15 is 0 Å². The number of fused-ring (bicyclic) bond motifs is 2. The van der Waals surface area contributed by atoms with Gasteiger partial charge < -0.3 is 10.5 Å². The van der Waals surface area contributed by atoms with Gasteiger partial charge in [0.05, 0.1) is 18.2 Å². The van der Waals surface area contributed by atoms with Crippen molar-refractivity contribution >= 4 is 21.5 Å². The Labute approximate surface area is 185 Å². The molecule has 3 aromatic rings. The normalized spacial score (nSPS) is 19.0. The summed E-state index contributed by atoms with van der Waals surface area (Å²) in [5.41, 5.74) is 8.61. The first-order chi connectivity index (χ1) is 15.5. The number of anilines is 1. The minimum atomic E-state index is -4.08. The molecule has 0 aliphatic carbocycles. The molecule has 0 unspecified atom stereocenters. The van der Waals surface area contributed by atoms with Crippen LogP contribution in [0.5, 0.6) is 0 Å². The molecule has 2 N–H and O–H groups in total. The van der Waals surface area contributed by atoms with Crippen LogP contribution in [0.4, 0.5) is 5.69 Å². The van der Waals surface area contributed by atoms with E-state index in [2.05, 4.69) is 4.98 Å². The predicted octanol–water partition coefficient (Wildman–Crippen LogP) is 3.61. The average molecular weight is 443 g/mol. The van der Waals surface area contributed by atoms with Gasteiger partial charge in [0.25, 0.3) is 10.0 Å². The molecule has 8 heteroatoms. The van der Waals surface area contributed by atoms with E-state index in [9.17, 15) is 13.7 Å². The van der Waals surface area contributed by atoms with E-state index in [-0.39, 0.29) is 28.7 Å². The van der Waals surface area contributed by atoms with Crippen LogP contribution >= 0.6 is 0 Å². The van der Waals surface area contributed by atoms with Crippen molar-refractivity contribution in [2.45, 2.75) is 12.5 Å². The van der Waals surface area contributed by atoms with Crippen LogP contribution in [0, 0.1) is 11.3 Å². The predicted molar refractivity (Wildman–Crippen MR) is 120 cm³/mol. The number of benzene rings is 2. The highest BCUT2D eigenvalue weighted by Crippen LogP contribution is 2.51. The Bertz CT molecular complexity index is 1410. The van der Waals surface area contributed by atoms with Gasteiger partial charge in [-0.05, 0) is 29.3 Å². The van der Waals surface area contributed by atoms with Gasteiger partial charge in [-0.15, -0.1) is 0 Å². The first-order valence-corrected chi connectivity index (χ1v) is 11.3. The van der Waals surface area contributed by atoms with Crippen molar-refractivity contribution in [2.75, 3.05) is 4.31 Å². The fourth-order valence-corrected chi connectivity index (χ4v) is 6.02. The Morgan fingerprint density at radius 3 is 2.53 bits per heavy atom. The van der Waals surface area contributed by atoms with Gasteiger partial charge in [0, 0.05) is 18.0 Å². The van der Waals surface area contributed by atoms with Crippen LogP contribution in [-0.4, -0.2) is 13.4 Å². The van der Waals surface area contributed by atoms with Crippen molar-refractivity contribution < 1.29 is 13.2 Å². The highest BCUT2D eigenvalue weighted by molar-refractivity contribution is 7.96. The van der Waals surface area contributed by atoms with E-state index in [1.54, 1.807) is 42.7 Å². The standard InChI is InChI=1S/C24H18N4O3S/c25-13-19-21(17-9-6-12-27-14-17)23-22(31-24(19)26)18-10-4-5-11-20(18)28(32(23,29)30)15-16-7-2-1-3-8-16/h1-12,14,21H,15,26H2/t21-/m1/s1. The van der Waals surface area contributed by atoms with E-state index in [1.807, 2.05) is 42.5 Å². The van der Waals surface area contributed by atoms with Crippen LogP contribution in [0.15, 0.2) is 95.5 Å². The monoisotopic (exact) mass is 442 g/mol. The van der Waals surface area contributed by atoms with Gasteiger partial charge in [-0.1, -0.05) is 48.5 Å². The number of aromatic nitrogens is 1. The molecule has 0 fully saturated rings. The summed E-state index contributed by atoms with van der Waals surface area (Å²) in [6, 6.07) is 21.9. The number of hydrogen-bond acceptors (Lipinski definition) is 6. The number of nitrogens with two attached hydrogens (primary N) is 1. The highest BCUT2D eigenvalue weighted by Gasteiger charge is 2.47. The number of rotatable bonds is 3. The summed E-state index contributed by atoms with van der Waals surface area (Å²) in [6.45, 7) is 0.137. The maximum absolute atomic E-state index is 14.1. The Morgan fingerprint density at radius 2 is 1.81 bits per heavy atom. The largest absolute Gasteiger partial charge is 0.439 e. The number of nitrogens with zero attached hydrogens (tertiary/aromatic N) is 3. The second-order valence-corrected chi connectivity index (χ2v) is 9.25. The summed E-state index contributed by atoms with van der Waals surface area (Å²) in [4.78, 5) is 4.12. The van der Waals surface area contributed by atoms with Crippen LogP contribution in [-0.2, 0) is 21.3 Å². The average Bonchev–Trinajstić information content (AvgIpc) is 2.82. The number of ether oxygens (including phenoxy) is 1. The number of nitriles is 1. The number of sulfonamides is 1. The topological polar surface area (TPSA) is 109 Å². The van der Waals surface area contributed by atoms with E-state index in [0.717, 1.165) is 5.56 Å². The second kappa shape index (κ2) is 7.55. The van der Waals surface area contributed by atoms with Crippen molar-refractivity contribution in [1.29, 1.82) is 5.26 Å². The van der Waals surface area contributed by atoms with Crippen molar-refractivity contribution in [3.63, 3.8) is 0 Å². The van der Waals surface area contributed by atoms with Gasteiger partial charge in [-0.3, -0.25) is 9.29 Å². The molecule has 2 aliphatic rings. The van der Waals surface area contributed by atoms with E-state index < -0.39 is 15.9 Å². The molecule has 0 amide bonds. The molecular weight excluding hydrogens is 424 g/mol. The first kappa shape index (κ1) is 19.8. The fourth-order valence-electron chi connectivity index (χ4n) is 4.11. The van der Waals surface area contributed by atoms with E-state index in [1.165, 1.54) is 4.31 Å². The molecule has 2 aromatic carbocycles. The third-order valence-electron chi connectivity index (χ3n) is 5.54. The van der Waals surface area contributed by atoms with Gasteiger partial charge in [-0.2, -0.15) is 5.26 Å². The summed E-state index contributed by atoms with van der Waals surface area (Å²) in [7, 11) is -4.08. The van der Waals surface area contributed by atoms with Crippen molar-refractivity contribution in [3.8, 4) is 6.07 Å². The van der Waals surface area contributed by atoms with Crippen LogP contribution in [0.3, 0.4) is 0 Å². The SMILES string of the molecule is N#CC1=C(N)OC2=C([C@@H]1c1cccnc1)S(=O)(=O)N(Cc1ccccc1)c1ccccc12. The molecule has 0 saturated carbocycles. The molecule has 1 aromatic heterocycles. The maximum Gasteiger partial charge on any atom is 0.265 e. The van der Waals surface area contributed by atoms with Crippen molar-refractivity contribution in [3.05, 3.63) is 112 Å². The smallest absolute Gasteiger partial charge is 0.265 e. The third kappa shape index (κ3) is 3.02. The molecule has 0 saturated heterocycles. The Hall–Kier alpha value is -4.09. The number of allylic oxidation sites excluding steroid dienone is 2. The lowest BCUT2D eigenvalue weighted by Gasteiger charge is -2.38. The Balaban J connectivity index is 1.77. The molecule has 2 aliphatic heterocycles. The fraction of sp³-hybridized carbons (Fsp3) is 0.0833. The quantitative estimate of drug-likeness (QED) is 0.664. The number of pyridine rings is 1.